The molecule has 2 amide bonds. The SMILES string of the molecule is Cc1ccc2[nH]cc(CCN3C[C@H](C(=O)Nc4ccc(C)c(Cl)c4)CC3=O)c2c1. The molecule has 5 nitrogen and oxygen atoms in total. The van der Waals surface area contributed by atoms with E-state index in [4.69, 9.17) is 11.6 Å². The van der Waals surface area contributed by atoms with E-state index < -0.39 is 0 Å². The Hall–Kier alpha value is -2.79. The van der Waals surface area contributed by atoms with E-state index in [9.17, 15) is 9.59 Å². The molecule has 1 aliphatic rings. The van der Waals surface area contributed by atoms with Crippen LogP contribution < -0.4 is 5.32 Å². The number of nitrogens with one attached hydrogen (secondary N) is 2. The summed E-state index contributed by atoms with van der Waals surface area (Å²) in [5.41, 5.74) is 5.12. The molecular formula is C23H24ClN3O2. The normalized spacial score (nSPS) is 16.6. The van der Waals surface area contributed by atoms with E-state index in [1.54, 1.807) is 11.0 Å². The van der Waals surface area contributed by atoms with E-state index in [-0.39, 0.29) is 24.2 Å². The Bertz CT molecular complexity index is 1090. The summed E-state index contributed by atoms with van der Waals surface area (Å²) >= 11 is 6.13. The maximum Gasteiger partial charge on any atom is 0.229 e. The van der Waals surface area contributed by atoms with E-state index >= 15 is 0 Å². The number of rotatable bonds is 5. The smallest absolute Gasteiger partial charge is 0.229 e. The maximum absolute atomic E-state index is 12.6. The minimum Gasteiger partial charge on any atom is -0.361 e. The zero-order valence-electron chi connectivity index (χ0n) is 16.6. The number of halogens is 1. The lowest BCUT2D eigenvalue weighted by molar-refractivity contribution is -0.128. The molecule has 1 aliphatic heterocycles. The predicted molar refractivity (Wildman–Crippen MR) is 116 cm³/mol. The van der Waals surface area contributed by atoms with E-state index in [1.165, 1.54) is 16.5 Å². The molecule has 2 N–H and O–H groups in total. The van der Waals surface area contributed by atoms with Gasteiger partial charge in [0.25, 0.3) is 0 Å². The van der Waals surface area contributed by atoms with Crippen LogP contribution in [0.15, 0.2) is 42.6 Å². The molecule has 4 rings (SSSR count). The molecule has 0 aliphatic carbocycles. The highest BCUT2D eigenvalue weighted by molar-refractivity contribution is 6.31. The average Bonchev–Trinajstić information content (AvgIpc) is 3.26. The van der Waals surface area contributed by atoms with Gasteiger partial charge in [-0.15, -0.1) is 0 Å². The summed E-state index contributed by atoms with van der Waals surface area (Å²) in [4.78, 5) is 30.1. The van der Waals surface area contributed by atoms with Crippen molar-refractivity contribution in [3.63, 3.8) is 0 Å². The van der Waals surface area contributed by atoms with Crippen LogP contribution in [-0.2, 0) is 16.0 Å². The number of carbonyl (C=O) groups excluding carboxylic acids is 2. The second kappa shape index (κ2) is 7.91. The second-order valence-electron chi connectivity index (χ2n) is 7.81. The summed E-state index contributed by atoms with van der Waals surface area (Å²) in [5.74, 6) is -0.445. The number of anilines is 1. The van der Waals surface area contributed by atoms with Crippen LogP contribution >= 0.6 is 11.6 Å². The van der Waals surface area contributed by atoms with Crippen molar-refractivity contribution in [2.75, 3.05) is 18.4 Å². The third-order valence-electron chi connectivity index (χ3n) is 5.60. The monoisotopic (exact) mass is 409 g/mol. The molecule has 1 fully saturated rings. The van der Waals surface area contributed by atoms with Gasteiger partial charge >= 0.3 is 0 Å². The predicted octanol–water partition coefficient (Wildman–Crippen LogP) is 4.47. The fourth-order valence-electron chi connectivity index (χ4n) is 3.83. The van der Waals surface area contributed by atoms with Crippen LogP contribution in [-0.4, -0.2) is 34.8 Å². The first-order valence-corrected chi connectivity index (χ1v) is 10.2. The van der Waals surface area contributed by atoms with Crippen molar-refractivity contribution in [1.82, 2.24) is 9.88 Å². The van der Waals surface area contributed by atoms with Crippen molar-refractivity contribution in [2.45, 2.75) is 26.7 Å². The first-order chi connectivity index (χ1) is 13.9. The minimum atomic E-state index is -0.340. The van der Waals surface area contributed by atoms with Gasteiger partial charge in [-0.2, -0.15) is 0 Å². The van der Waals surface area contributed by atoms with Crippen molar-refractivity contribution < 1.29 is 9.59 Å². The van der Waals surface area contributed by atoms with Crippen molar-refractivity contribution >= 4 is 40.0 Å². The van der Waals surface area contributed by atoms with E-state index in [2.05, 4.69) is 35.4 Å². The summed E-state index contributed by atoms with van der Waals surface area (Å²) in [7, 11) is 0. The van der Waals surface area contributed by atoms with Gasteiger partial charge in [-0.25, -0.2) is 0 Å². The Morgan fingerprint density at radius 1 is 1.24 bits per heavy atom. The van der Waals surface area contributed by atoms with Gasteiger partial charge in [-0.05, 0) is 55.7 Å². The van der Waals surface area contributed by atoms with Crippen molar-refractivity contribution in [2.24, 2.45) is 5.92 Å². The zero-order valence-corrected chi connectivity index (χ0v) is 17.3. The van der Waals surface area contributed by atoms with Gasteiger partial charge in [-0.3, -0.25) is 9.59 Å². The number of benzene rings is 2. The van der Waals surface area contributed by atoms with Crippen molar-refractivity contribution in [1.29, 1.82) is 0 Å². The molecule has 0 bridgehead atoms. The summed E-state index contributed by atoms with van der Waals surface area (Å²) in [6.07, 6.45) is 3.02. The Morgan fingerprint density at radius 3 is 2.86 bits per heavy atom. The number of nitrogens with zero attached hydrogens (tertiary/aromatic N) is 1. The quantitative estimate of drug-likeness (QED) is 0.653. The molecule has 2 heterocycles. The summed E-state index contributed by atoms with van der Waals surface area (Å²) in [5, 5.41) is 4.69. The standard InChI is InChI=1S/C23H24ClN3O2/c1-14-3-6-21-19(9-14)16(12-25-21)7-8-27-13-17(10-22(27)28)23(29)26-18-5-4-15(2)20(24)11-18/h3-6,9,11-12,17,25H,7-8,10,13H2,1-2H3,(H,26,29)/t17-/m1/s1. The van der Waals surface area contributed by atoms with Gasteiger partial charge in [0.2, 0.25) is 11.8 Å². The molecule has 0 unspecified atom stereocenters. The molecular weight excluding hydrogens is 386 g/mol. The first kappa shape index (κ1) is 19.5. The fraction of sp³-hybridized carbons (Fsp3) is 0.304. The van der Waals surface area contributed by atoms with Crippen molar-refractivity contribution in [3.05, 3.63) is 64.3 Å². The van der Waals surface area contributed by atoms with Crippen LogP contribution in [0.2, 0.25) is 5.02 Å². The molecule has 29 heavy (non-hydrogen) atoms. The number of hydrogen-bond donors (Lipinski definition) is 2. The van der Waals surface area contributed by atoms with E-state index in [0.717, 1.165) is 17.5 Å². The van der Waals surface area contributed by atoms with Gasteiger partial charge in [-0.1, -0.05) is 29.3 Å². The summed E-state index contributed by atoms with van der Waals surface area (Å²) < 4.78 is 0. The number of likely N-dealkylation sites (tertiary alicyclic amines) is 1. The van der Waals surface area contributed by atoms with Gasteiger partial charge < -0.3 is 15.2 Å². The van der Waals surface area contributed by atoms with Gasteiger partial charge in [0, 0.05) is 47.3 Å². The number of aromatic nitrogens is 1. The molecule has 0 spiro atoms. The number of aromatic amines is 1. The molecule has 1 atom stereocenters. The molecule has 2 aromatic carbocycles. The second-order valence-corrected chi connectivity index (χ2v) is 8.21. The first-order valence-electron chi connectivity index (χ1n) is 9.82. The van der Waals surface area contributed by atoms with Crippen LogP contribution in [0.25, 0.3) is 10.9 Å². The van der Waals surface area contributed by atoms with E-state index in [0.29, 0.717) is 23.8 Å². The number of amides is 2. The van der Waals surface area contributed by atoms with Crippen LogP contribution in [0.4, 0.5) is 5.69 Å². The molecule has 6 heteroatoms. The van der Waals surface area contributed by atoms with Crippen LogP contribution in [0.3, 0.4) is 0 Å². The number of aryl methyl sites for hydroxylation is 2. The Morgan fingerprint density at radius 2 is 2.07 bits per heavy atom. The lowest BCUT2D eigenvalue weighted by atomic mass is 10.1. The number of carbonyl (C=O) groups is 2. The highest BCUT2D eigenvalue weighted by Crippen LogP contribution is 2.25. The maximum atomic E-state index is 12.6. The highest BCUT2D eigenvalue weighted by atomic mass is 35.5. The number of hydrogen-bond acceptors (Lipinski definition) is 2. The molecule has 0 saturated carbocycles. The Labute approximate surface area is 175 Å². The third kappa shape index (κ3) is 4.15. The lowest BCUT2D eigenvalue weighted by Crippen LogP contribution is -2.30. The summed E-state index contributed by atoms with van der Waals surface area (Å²) in [6.45, 7) is 5.05. The fourth-order valence-corrected chi connectivity index (χ4v) is 4.01. The Balaban J connectivity index is 1.37. The third-order valence-corrected chi connectivity index (χ3v) is 6.01. The largest absolute Gasteiger partial charge is 0.361 e. The summed E-state index contributed by atoms with van der Waals surface area (Å²) in [6, 6.07) is 11.8. The minimum absolute atomic E-state index is 0.0307. The number of H-pyrrole nitrogens is 1. The van der Waals surface area contributed by atoms with Gasteiger partial charge in [0.15, 0.2) is 0 Å². The topological polar surface area (TPSA) is 65.2 Å². The molecule has 0 radical (unpaired) electrons. The Kier molecular flexibility index (Phi) is 5.33. The molecule has 1 saturated heterocycles. The van der Waals surface area contributed by atoms with Crippen LogP contribution in [0.5, 0.6) is 0 Å². The van der Waals surface area contributed by atoms with E-state index in [1.807, 2.05) is 25.3 Å². The zero-order chi connectivity index (χ0) is 20.5. The number of fused-ring (bicyclic) bond motifs is 1. The van der Waals surface area contributed by atoms with Crippen LogP contribution in [0, 0.1) is 19.8 Å². The lowest BCUT2D eigenvalue weighted by Gasteiger charge is -2.16. The highest BCUT2D eigenvalue weighted by Gasteiger charge is 2.34. The molecule has 1 aromatic heterocycles. The molecule has 3 aromatic rings. The van der Waals surface area contributed by atoms with Gasteiger partial charge in [0.1, 0.15) is 0 Å². The van der Waals surface area contributed by atoms with Crippen LogP contribution in [0.1, 0.15) is 23.1 Å². The van der Waals surface area contributed by atoms with Crippen molar-refractivity contribution in [3.8, 4) is 0 Å². The molecule has 150 valence electrons. The van der Waals surface area contributed by atoms with Gasteiger partial charge in [0.05, 0.1) is 5.92 Å². The average molecular weight is 410 g/mol.